The zero-order valence-electron chi connectivity index (χ0n) is 18.8. The fraction of sp³-hybridized carbons (Fsp3) is 0.333. The molecule has 1 aliphatic heterocycles. The predicted octanol–water partition coefficient (Wildman–Crippen LogP) is 2.77. The van der Waals surface area contributed by atoms with Crippen LogP contribution in [-0.4, -0.2) is 56.1 Å². The van der Waals surface area contributed by atoms with Gasteiger partial charge in [0.05, 0.1) is 19.5 Å². The van der Waals surface area contributed by atoms with Gasteiger partial charge in [-0.3, -0.25) is 9.69 Å². The summed E-state index contributed by atoms with van der Waals surface area (Å²) in [5.74, 6) is 1.20. The zero-order valence-corrected chi connectivity index (χ0v) is 18.8. The van der Waals surface area contributed by atoms with E-state index in [-0.39, 0.29) is 5.56 Å². The number of aromatic amines is 2. The number of aromatic nitrogens is 5. The maximum absolute atomic E-state index is 12.4. The van der Waals surface area contributed by atoms with E-state index >= 15 is 0 Å². The maximum atomic E-state index is 12.4. The average Bonchev–Trinajstić information content (AvgIpc) is 3.28. The molecule has 1 fully saturated rings. The number of benzene rings is 1. The fourth-order valence-electron chi connectivity index (χ4n) is 4.14. The Balaban J connectivity index is 1.39. The van der Waals surface area contributed by atoms with Crippen LogP contribution >= 0.6 is 0 Å². The summed E-state index contributed by atoms with van der Waals surface area (Å²) in [6, 6.07) is 10.3. The molecule has 0 unspecified atom stereocenters. The largest absolute Gasteiger partial charge is 0.379 e. The molecule has 0 amide bonds. The average molecular weight is 446 g/mol. The molecule has 0 saturated carbocycles. The number of fused-ring (bicyclic) bond motifs is 1. The molecule has 3 aromatic heterocycles. The third kappa shape index (κ3) is 4.64. The van der Waals surface area contributed by atoms with E-state index in [1.165, 1.54) is 5.56 Å². The van der Waals surface area contributed by atoms with Crippen LogP contribution in [0.4, 0.5) is 5.82 Å². The van der Waals surface area contributed by atoms with Gasteiger partial charge in [0.25, 0.3) is 5.56 Å². The van der Waals surface area contributed by atoms with Crippen molar-refractivity contribution in [3.8, 4) is 11.4 Å². The molecule has 0 radical (unpaired) electrons. The van der Waals surface area contributed by atoms with Crippen LogP contribution in [0.3, 0.4) is 0 Å². The first-order chi connectivity index (χ1) is 16.1. The molecule has 1 saturated heterocycles. The topological polar surface area (TPSA) is 112 Å². The third-order valence-corrected chi connectivity index (χ3v) is 5.93. The molecule has 5 rings (SSSR count). The molecule has 4 aromatic rings. The van der Waals surface area contributed by atoms with Crippen molar-refractivity contribution in [3.63, 3.8) is 0 Å². The van der Waals surface area contributed by atoms with Gasteiger partial charge in [-0.05, 0) is 31.0 Å². The first-order valence-corrected chi connectivity index (χ1v) is 11.1. The normalized spacial score (nSPS) is 14.6. The number of pyridine rings is 1. The highest BCUT2D eigenvalue weighted by Crippen LogP contribution is 2.24. The summed E-state index contributed by atoms with van der Waals surface area (Å²) in [6.07, 6.45) is 1.60. The molecule has 0 spiro atoms. The van der Waals surface area contributed by atoms with E-state index in [0.717, 1.165) is 49.7 Å². The lowest BCUT2D eigenvalue weighted by molar-refractivity contribution is 0.0342. The maximum Gasteiger partial charge on any atom is 0.253 e. The number of hydrogen-bond donors (Lipinski definition) is 3. The molecule has 0 atom stereocenters. The van der Waals surface area contributed by atoms with E-state index in [4.69, 9.17) is 9.72 Å². The van der Waals surface area contributed by atoms with Crippen LogP contribution < -0.4 is 10.9 Å². The predicted molar refractivity (Wildman–Crippen MR) is 127 cm³/mol. The Labute approximate surface area is 191 Å². The molecule has 1 aliphatic rings. The van der Waals surface area contributed by atoms with E-state index in [1.807, 2.05) is 32.0 Å². The monoisotopic (exact) mass is 445 g/mol. The summed E-state index contributed by atoms with van der Waals surface area (Å²) in [5, 5.41) is 3.31. The number of imidazole rings is 1. The van der Waals surface area contributed by atoms with Gasteiger partial charge >= 0.3 is 0 Å². The van der Waals surface area contributed by atoms with Gasteiger partial charge in [-0.1, -0.05) is 24.3 Å². The summed E-state index contributed by atoms with van der Waals surface area (Å²) in [5.41, 5.74) is 5.82. The van der Waals surface area contributed by atoms with Crippen LogP contribution in [-0.2, 0) is 17.8 Å². The van der Waals surface area contributed by atoms with E-state index in [9.17, 15) is 4.79 Å². The number of H-pyrrole nitrogens is 2. The SMILES string of the molecule is Cc1cc(C)c(CNc2nc(-c3ccc(CN4CCOCC4)cc3)nc3nc[nH]c23)c(=O)[nH]1. The second-order valence-electron chi connectivity index (χ2n) is 8.38. The highest BCUT2D eigenvalue weighted by Gasteiger charge is 2.14. The molecule has 170 valence electrons. The van der Waals surface area contributed by atoms with Crippen molar-refractivity contribution in [1.82, 2.24) is 29.8 Å². The van der Waals surface area contributed by atoms with E-state index < -0.39 is 0 Å². The summed E-state index contributed by atoms with van der Waals surface area (Å²) >= 11 is 0. The van der Waals surface area contributed by atoms with Gasteiger partial charge in [0.2, 0.25) is 0 Å². The minimum atomic E-state index is -0.0917. The van der Waals surface area contributed by atoms with Crippen LogP contribution in [0.25, 0.3) is 22.6 Å². The van der Waals surface area contributed by atoms with Gasteiger partial charge in [0.1, 0.15) is 5.52 Å². The standard InChI is InChI=1S/C24H27N7O2/c1-15-11-16(2)28-24(32)19(15)12-25-22-20-23(27-14-26-20)30-21(29-22)18-5-3-17(4-6-18)13-31-7-9-33-10-8-31/h3-6,11,14H,7-10,12-13H2,1-2H3,(H,28,32)(H2,25,26,27,29,30). The van der Waals surface area contributed by atoms with Gasteiger partial charge < -0.3 is 20.0 Å². The zero-order chi connectivity index (χ0) is 22.8. The lowest BCUT2D eigenvalue weighted by Gasteiger charge is -2.26. The smallest absolute Gasteiger partial charge is 0.253 e. The van der Waals surface area contributed by atoms with E-state index in [0.29, 0.717) is 34.9 Å². The molecular weight excluding hydrogens is 418 g/mol. The molecule has 3 N–H and O–H groups in total. The Morgan fingerprint density at radius 1 is 1.12 bits per heavy atom. The van der Waals surface area contributed by atoms with Crippen molar-refractivity contribution < 1.29 is 4.74 Å². The highest BCUT2D eigenvalue weighted by molar-refractivity contribution is 5.84. The van der Waals surface area contributed by atoms with E-state index in [2.05, 4.69) is 42.3 Å². The van der Waals surface area contributed by atoms with E-state index in [1.54, 1.807) is 6.33 Å². The van der Waals surface area contributed by atoms with Gasteiger partial charge in [-0.15, -0.1) is 0 Å². The van der Waals surface area contributed by atoms with Crippen molar-refractivity contribution >= 4 is 17.0 Å². The minimum Gasteiger partial charge on any atom is -0.379 e. The third-order valence-electron chi connectivity index (χ3n) is 5.93. The lowest BCUT2D eigenvalue weighted by Crippen LogP contribution is -2.35. The van der Waals surface area contributed by atoms with Gasteiger partial charge in [-0.25, -0.2) is 15.0 Å². The summed E-state index contributed by atoms with van der Waals surface area (Å²) in [6.45, 7) is 8.57. The first kappa shape index (κ1) is 21.3. The quantitative estimate of drug-likeness (QED) is 0.418. The van der Waals surface area contributed by atoms with Crippen LogP contribution in [0, 0.1) is 13.8 Å². The molecule has 0 aliphatic carbocycles. The van der Waals surface area contributed by atoms with Gasteiger partial charge in [0, 0.05) is 43.0 Å². The number of rotatable bonds is 6. The number of hydrogen-bond acceptors (Lipinski definition) is 7. The lowest BCUT2D eigenvalue weighted by atomic mass is 10.1. The molecule has 1 aromatic carbocycles. The first-order valence-electron chi connectivity index (χ1n) is 11.1. The van der Waals surface area contributed by atoms with Crippen molar-refractivity contribution in [2.24, 2.45) is 0 Å². The number of aryl methyl sites for hydroxylation is 2. The number of ether oxygens (including phenoxy) is 1. The Hall–Kier alpha value is -3.56. The van der Waals surface area contributed by atoms with Crippen LogP contribution in [0.2, 0.25) is 0 Å². The molecule has 0 bridgehead atoms. The van der Waals surface area contributed by atoms with Crippen LogP contribution in [0.15, 0.2) is 41.5 Å². The van der Waals surface area contributed by atoms with Crippen LogP contribution in [0.5, 0.6) is 0 Å². The van der Waals surface area contributed by atoms with Crippen molar-refractivity contribution in [3.05, 3.63) is 69.4 Å². The second-order valence-corrected chi connectivity index (χ2v) is 8.38. The minimum absolute atomic E-state index is 0.0917. The number of anilines is 1. The number of morpholine rings is 1. The molecule has 9 nitrogen and oxygen atoms in total. The molecule has 9 heteroatoms. The summed E-state index contributed by atoms with van der Waals surface area (Å²) in [7, 11) is 0. The second kappa shape index (κ2) is 9.13. The summed E-state index contributed by atoms with van der Waals surface area (Å²) in [4.78, 5) is 34.4. The number of nitrogens with one attached hydrogen (secondary N) is 3. The van der Waals surface area contributed by atoms with Crippen molar-refractivity contribution in [2.45, 2.75) is 26.9 Å². The fourth-order valence-corrected chi connectivity index (χ4v) is 4.14. The Bertz CT molecular complexity index is 1320. The van der Waals surface area contributed by atoms with Crippen LogP contribution in [0.1, 0.15) is 22.4 Å². The Morgan fingerprint density at radius 3 is 2.67 bits per heavy atom. The number of nitrogens with zero attached hydrogens (tertiary/aromatic N) is 4. The van der Waals surface area contributed by atoms with Gasteiger partial charge in [0.15, 0.2) is 17.3 Å². The Morgan fingerprint density at radius 2 is 1.91 bits per heavy atom. The highest BCUT2D eigenvalue weighted by atomic mass is 16.5. The van der Waals surface area contributed by atoms with Gasteiger partial charge in [-0.2, -0.15) is 0 Å². The van der Waals surface area contributed by atoms with Crippen molar-refractivity contribution in [1.29, 1.82) is 0 Å². The Kier molecular flexibility index (Phi) is 5.89. The molecule has 4 heterocycles. The molecule has 33 heavy (non-hydrogen) atoms. The molecular formula is C24H27N7O2. The van der Waals surface area contributed by atoms with Crippen molar-refractivity contribution in [2.75, 3.05) is 31.6 Å². The summed E-state index contributed by atoms with van der Waals surface area (Å²) < 4.78 is 5.43.